The molecule has 0 aromatic carbocycles. The van der Waals surface area contributed by atoms with E-state index in [9.17, 15) is 4.79 Å². The van der Waals surface area contributed by atoms with Crippen molar-refractivity contribution in [3.05, 3.63) is 11.4 Å². The molecule has 0 spiro atoms. The van der Waals surface area contributed by atoms with Gasteiger partial charge in [-0.05, 0) is 19.3 Å². The normalized spacial score (nSPS) is 20.2. The quantitative estimate of drug-likeness (QED) is 0.737. The van der Waals surface area contributed by atoms with E-state index in [0.29, 0.717) is 18.1 Å². The molecule has 14 heavy (non-hydrogen) atoms. The zero-order chi connectivity index (χ0) is 10.1. The molecule has 0 fully saturated rings. The summed E-state index contributed by atoms with van der Waals surface area (Å²) in [6.45, 7) is 0. The third-order valence-electron chi connectivity index (χ3n) is 2.53. The lowest BCUT2D eigenvalue weighted by Gasteiger charge is -2.16. The number of methoxy groups -OCH3 is 1. The van der Waals surface area contributed by atoms with Crippen LogP contribution < -0.4 is 4.74 Å². The Kier molecular flexibility index (Phi) is 2.15. The molecule has 1 aliphatic rings. The van der Waals surface area contributed by atoms with Crippen LogP contribution in [0, 0.1) is 0 Å². The third kappa shape index (κ3) is 1.34. The van der Waals surface area contributed by atoms with Gasteiger partial charge in [-0.3, -0.25) is 4.79 Å². The Hall–Kier alpha value is -1.52. The topological polar surface area (TPSA) is 75.2 Å². The molecule has 1 aromatic rings. The predicted molar refractivity (Wildman–Crippen MR) is 48.5 cm³/mol. The standard InChI is InChI=1S/C9H12N2O3/c1-14-9-10-6-4-2-3-5(8(12)13)7(6)11-9/h5H,2-4H2,1H3,(H,10,11)(H,12,13). The fourth-order valence-electron chi connectivity index (χ4n) is 1.83. The van der Waals surface area contributed by atoms with E-state index in [1.54, 1.807) is 0 Å². The van der Waals surface area contributed by atoms with Gasteiger partial charge in [0.15, 0.2) is 0 Å². The SMILES string of the molecule is COc1nc2c([nH]1)CCCC2C(=O)O. The first-order valence-electron chi connectivity index (χ1n) is 4.58. The largest absolute Gasteiger partial charge is 0.481 e. The number of nitrogens with one attached hydrogen (secondary N) is 1. The number of imidazole rings is 1. The molecule has 2 rings (SSSR count). The number of hydrogen-bond donors (Lipinski definition) is 2. The van der Waals surface area contributed by atoms with Crippen LogP contribution in [0.1, 0.15) is 30.1 Å². The van der Waals surface area contributed by atoms with Gasteiger partial charge < -0.3 is 14.8 Å². The number of H-pyrrole nitrogens is 1. The number of ether oxygens (including phenoxy) is 1. The Bertz CT molecular complexity index is 359. The summed E-state index contributed by atoms with van der Waals surface area (Å²) in [5.74, 6) is -1.28. The van der Waals surface area contributed by atoms with Gasteiger partial charge in [0.1, 0.15) is 5.92 Å². The number of nitrogens with zero attached hydrogens (tertiary/aromatic N) is 1. The summed E-state index contributed by atoms with van der Waals surface area (Å²) in [5, 5.41) is 8.97. The Labute approximate surface area is 81.1 Å². The van der Waals surface area contributed by atoms with Gasteiger partial charge in [-0.15, -0.1) is 0 Å². The van der Waals surface area contributed by atoms with Crippen LogP contribution in [0.3, 0.4) is 0 Å². The highest BCUT2D eigenvalue weighted by atomic mass is 16.5. The second-order valence-electron chi connectivity index (χ2n) is 3.39. The van der Waals surface area contributed by atoms with E-state index in [-0.39, 0.29) is 0 Å². The second-order valence-corrected chi connectivity index (χ2v) is 3.39. The van der Waals surface area contributed by atoms with Crippen molar-refractivity contribution in [3.63, 3.8) is 0 Å². The number of aryl methyl sites for hydroxylation is 1. The van der Waals surface area contributed by atoms with Crippen molar-refractivity contribution >= 4 is 5.97 Å². The highest BCUT2D eigenvalue weighted by molar-refractivity contribution is 5.76. The van der Waals surface area contributed by atoms with E-state index >= 15 is 0 Å². The maximum absolute atomic E-state index is 10.9. The fourth-order valence-corrected chi connectivity index (χ4v) is 1.83. The summed E-state index contributed by atoms with van der Waals surface area (Å²) in [5.41, 5.74) is 1.54. The van der Waals surface area contributed by atoms with Crippen molar-refractivity contribution in [2.75, 3.05) is 7.11 Å². The first kappa shape index (κ1) is 9.05. The zero-order valence-corrected chi connectivity index (χ0v) is 7.91. The third-order valence-corrected chi connectivity index (χ3v) is 2.53. The number of fused-ring (bicyclic) bond motifs is 1. The van der Waals surface area contributed by atoms with Gasteiger partial charge in [-0.25, -0.2) is 0 Å². The van der Waals surface area contributed by atoms with Gasteiger partial charge >= 0.3 is 5.97 Å². The van der Waals surface area contributed by atoms with Gasteiger partial charge in [-0.1, -0.05) is 0 Å². The van der Waals surface area contributed by atoms with E-state index in [1.807, 2.05) is 0 Å². The van der Waals surface area contributed by atoms with Crippen LogP contribution in [-0.4, -0.2) is 28.2 Å². The monoisotopic (exact) mass is 196 g/mol. The average Bonchev–Trinajstić information content (AvgIpc) is 2.59. The van der Waals surface area contributed by atoms with Crippen molar-refractivity contribution < 1.29 is 14.6 Å². The van der Waals surface area contributed by atoms with E-state index in [1.165, 1.54) is 7.11 Å². The highest BCUT2D eigenvalue weighted by Crippen LogP contribution is 2.31. The number of aliphatic carboxylic acids is 1. The molecular formula is C9H12N2O3. The van der Waals surface area contributed by atoms with Crippen molar-refractivity contribution in [2.45, 2.75) is 25.2 Å². The van der Waals surface area contributed by atoms with Crippen molar-refractivity contribution in [3.8, 4) is 6.01 Å². The minimum absolute atomic E-state index is 0.406. The van der Waals surface area contributed by atoms with E-state index in [0.717, 1.165) is 18.5 Å². The lowest BCUT2D eigenvalue weighted by molar-refractivity contribution is -0.139. The van der Waals surface area contributed by atoms with Crippen molar-refractivity contribution in [1.29, 1.82) is 0 Å². The fraction of sp³-hybridized carbons (Fsp3) is 0.556. The van der Waals surface area contributed by atoms with Gasteiger partial charge in [0.25, 0.3) is 6.01 Å². The first-order valence-corrected chi connectivity index (χ1v) is 4.58. The first-order chi connectivity index (χ1) is 6.72. The summed E-state index contributed by atoms with van der Waals surface area (Å²) in [7, 11) is 1.51. The average molecular weight is 196 g/mol. The Morgan fingerprint density at radius 1 is 1.71 bits per heavy atom. The van der Waals surface area contributed by atoms with Gasteiger partial charge in [0.05, 0.1) is 12.8 Å². The van der Waals surface area contributed by atoms with Crippen LogP contribution in [0.25, 0.3) is 0 Å². The van der Waals surface area contributed by atoms with Crippen LogP contribution in [0.5, 0.6) is 6.01 Å². The number of carboxylic acid groups (broad SMARTS) is 1. The van der Waals surface area contributed by atoms with Crippen molar-refractivity contribution in [2.24, 2.45) is 0 Å². The molecular weight excluding hydrogens is 184 g/mol. The molecule has 1 aromatic heterocycles. The maximum atomic E-state index is 10.9. The van der Waals surface area contributed by atoms with E-state index < -0.39 is 11.9 Å². The number of rotatable bonds is 2. The minimum Gasteiger partial charge on any atom is -0.481 e. The summed E-state index contributed by atoms with van der Waals surface area (Å²) in [6, 6.07) is 0.406. The number of carbonyl (C=O) groups is 1. The molecule has 76 valence electrons. The van der Waals surface area contributed by atoms with Gasteiger partial charge in [-0.2, -0.15) is 4.98 Å². The van der Waals surface area contributed by atoms with Crippen LogP contribution in [0.4, 0.5) is 0 Å². The molecule has 1 heterocycles. The molecule has 0 saturated carbocycles. The van der Waals surface area contributed by atoms with Crippen LogP contribution in [-0.2, 0) is 11.2 Å². The molecule has 0 bridgehead atoms. The molecule has 0 saturated heterocycles. The maximum Gasteiger partial charge on any atom is 0.312 e. The Morgan fingerprint density at radius 2 is 2.50 bits per heavy atom. The van der Waals surface area contributed by atoms with Crippen LogP contribution >= 0.6 is 0 Å². The molecule has 0 radical (unpaired) electrons. The highest BCUT2D eigenvalue weighted by Gasteiger charge is 2.29. The molecule has 0 amide bonds. The molecule has 1 atom stereocenters. The summed E-state index contributed by atoms with van der Waals surface area (Å²) in [6.07, 6.45) is 2.40. The molecule has 1 unspecified atom stereocenters. The lowest BCUT2D eigenvalue weighted by Crippen LogP contribution is -2.17. The molecule has 2 N–H and O–H groups in total. The van der Waals surface area contributed by atoms with Gasteiger partial charge in [0, 0.05) is 5.69 Å². The summed E-state index contributed by atoms with van der Waals surface area (Å²) in [4.78, 5) is 18.0. The number of aromatic amines is 1. The number of aromatic nitrogens is 2. The minimum atomic E-state index is -0.805. The smallest absolute Gasteiger partial charge is 0.312 e. The van der Waals surface area contributed by atoms with Crippen LogP contribution in [0.15, 0.2) is 0 Å². The second kappa shape index (κ2) is 3.32. The predicted octanol–water partition coefficient (Wildman–Crippen LogP) is 0.923. The lowest BCUT2D eigenvalue weighted by atomic mass is 9.90. The van der Waals surface area contributed by atoms with E-state index in [4.69, 9.17) is 9.84 Å². The zero-order valence-electron chi connectivity index (χ0n) is 7.91. The molecule has 1 aliphatic carbocycles. The molecule has 0 aliphatic heterocycles. The Balaban J connectivity index is 2.38. The van der Waals surface area contributed by atoms with Crippen molar-refractivity contribution in [1.82, 2.24) is 9.97 Å². The summed E-state index contributed by atoms with van der Waals surface area (Å²) < 4.78 is 4.94. The molecule has 5 heteroatoms. The van der Waals surface area contributed by atoms with Gasteiger partial charge in [0.2, 0.25) is 0 Å². The summed E-state index contributed by atoms with van der Waals surface area (Å²) >= 11 is 0. The van der Waals surface area contributed by atoms with E-state index in [2.05, 4.69) is 9.97 Å². The number of carboxylic acids is 1. The number of hydrogen-bond acceptors (Lipinski definition) is 3. The van der Waals surface area contributed by atoms with Crippen LogP contribution in [0.2, 0.25) is 0 Å². The Morgan fingerprint density at radius 3 is 3.14 bits per heavy atom. The molecule has 5 nitrogen and oxygen atoms in total.